The SMILES string of the molecule is CCN(CC)S(=O)(=O)c1ccc(/C=C/C(=O)NCc2ccc(OC)cc2)cc1. The van der Waals surface area contributed by atoms with Crippen LogP contribution in [0.4, 0.5) is 0 Å². The zero-order valence-electron chi connectivity index (χ0n) is 16.4. The first kappa shape index (κ1) is 21.7. The van der Waals surface area contributed by atoms with E-state index in [4.69, 9.17) is 4.74 Å². The van der Waals surface area contributed by atoms with Gasteiger partial charge < -0.3 is 10.1 Å². The van der Waals surface area contributed by atoms with Crippen LogP contribution in [0.25, 0.3) is 6.08 Å². The number of rotatable bonds is 9. The third kappa shape index (κ3) is 5.68. The number of hydrogen-bond acceptors (Lipinski definition) is 4. The molecule has 2 aromatic rings. The molecular weight excluding hydrogens is 376 g/mol. The molecule has 0 aliphatic rings. The van der Waals surface area contributed by atoms with Crippen molar-refractivity contribution in [3.8, 4) is 5.75 Å². The number of carbonyl (C=O) groups excluding carboxylic acids is 1. The second-order valence-corrected chi connectivity index (χ2v) is 8.00. The van der Waals surface area contributed by atoms with Crippen molar-refractivity contribution in [1.29, 1.82) is 0 Å². The maximum absolute atomic E-state index is 12.5. The molecule has 0 unspecified atom stereocenters. The first-order valence-electron chi connectivity index (χ1n) is 9.09. The lowest BCUT2D eigenvalue weighted by molar-refractivity contribution is -0.116. The van der Waals surface area contributed by atoms with Crippen molar-refractivity contribution in [1.82, 2.24) is 9.62 Å². The number of nitrogens with one attached hydrogen (secondary N) is 1. The van der Waals surface area contributed by atoms with Gasteiger partial charge in [0.2, 0.25) is 15.9 Å². The standard InChI is InChI=1S/C21H26N2O4S/c1-4-23(5-2)28(25,26)20-13-8-17(9-14-20)10-15-21(24)22-16-18-6-11-19(27-3)12-7-18/h6-15H,4-5,16H2,1-3H3,(H,22,24)/b15-10+. The van der Waals surface area contributed by atoms with E-state index in [9.17, 15) is 13.2 Å². The van der Waals surface area contributed by atoms with Crippen molar-refractivity contribution >= 4 is 22.0 Å². The Balaban J connectivity index is 1.95. The van der Waals surface area contributed by atoms with E-state index in [1.54, 1.807) is 37.5 Å². The lowest BCUT2D eigenvalue weighted by Crippen LogP contribution is -2.30. The maximum atomic E-state index is 12.5. The molecule has 0 aliphatic heterocycles. The molecule has 6 nitrogen and oxygen atoms in total. The Morgan fingerprint density at radius 2 is 1.64 bits per heavy atom. The quantitative estimate of drug-likeness (QED) is 0.654. The molecule has 0 fully saturated rings. The summed E-state index contributed by atoms with van der Waals surface area (Å²) in [4.78, 5) is 12.2. The fourth-order valence-electron chi connectivity index (χ4n) is 2.63. The molecule has 0 bridgehead atoms. The van der Waals surface area contributed by atoms with Crippen molar-refractivity contribution < 1.29 is 17.9 Å². The van der Waals surface area contributed by atoms with Gasteiger partial charge in [-0.15, -0.1) is 0 Å². The summed E-state index contributed by atoms with van der Waals surface area (Å²) < 4.78 is 31.4. The maximum Gasteiger partial charge on any atom is 0.244 e. The van der Waals surface area contributed by atoms with Gasteiger partial charge in [-0.05, 0) is 41.5 Å². The molecule has 28 heavy (non-hydrogen) atoms. The number of methoxy groups -OCH3 is 1. The molecule has 0 aromatic heterocycles. The molecule has 2 rings (SSSR count). The summed E-state index contributed by atoms with van der Waals surface area (Å²) in [6.45, 7) is 4.88. The number of ether oxygens (including phenoxy) is 1. The second-order valence-electron chi connectivity index (χ2n) is 6.06. The molecule has 0 heterocycles. The predicted octanol–water partition coefficient (Wildman–Crippen LogP) is 3.06. The first-order chi connectivity index (χ1) is 13.4. The summed E-state index contributed by atoms with van der Waals surface area (Å²) >= 11 is 0. The summed E-state index contributed by atoms with van der Waals surface area (Å²) in [6, 6.07) is 13.9. The average molecular weight is 403 g/mol. The lowest BCUT2D eigenvalue weighted by atomic mass is 10.2. The fourth-order valence-corrected chi connectivity index (χ4v) is 4.08. The average Bonchev–Trinajstić information content (AvgIpc) is 2.72. The van der Waals surface area contributed by atoms with Gasteiger partial charge in [-0.3, -0.25) is 4.79 Å². The van der Waals surface area contributed by atoms with Gasteiger partial charge in [-0.25, -0.2) is 8.42 Å². The number of carbonyl (C=O) groups is 1. The zero-order chi connectivity index (χ0) is 20.6. The molecule has 0 spiro atoms. The van der Waals surface area contributed by atoms with Gasteiger partial charge in [0.05, 0.1) is 12.0 Å². The molecular formula is C21H26N2O4S. The molecule has 0 saturated heterocycles. The largest absolute Gasteiger partial charge is 0.497 e. The molecule has 0 aliphatic carbocycles. The van der Waals surface area contributed by atoms with E-state index in [1.807, 2.05) is 38.1 Å². The van der Waals surface area contributed by atoms with Crippen molar-refractivity contribution in [3.05, 3.63) is 65.7 Å². The monoisotopic (exact) mass is 402 g/mol. The summed E-state index contributed by atoms with van der Waals surface area (Å²) in [7, 11) is -1.87. The summed E-state index contributed by atoms with van der Waals surface area (Å²) in [6.07, 6.45) is 3.08. The van der Waals surface area contributed by atoms with Crippen molar-refractivity contribution in [2.45, 2.75) is 25.3 Å². The Morgan fingerprint density at radius 1 is 1.04 bits per heavy atom. The van der Waals surface area contributed by atoms with Crippen molar-refractivity contribution in [2.24, 2.45) is 0 Å². The Labute approximate surface area is 166 Å². The highest BCUT2D eigenvalue weighted by molar-refractivity contribution is 7.89. The minimum atomic E-state index is -3.47. The third-order valence-electron chi connectivity index (χ3n) is 4.28. The number of benzene rings is 2. The Hall–Kier alpha value is -2.64. The molecule has 150 valence electrons. The van der Waals surface area contributed by atoms with E-state index in [2.05, 4.69) is 5.32 Å². The molecule has 0 radical (unpaired) electrons. The van der Waals surface area contributed by atoms with Gasteiger partial charge in [0, 0.05) is 25.7 Å². The Morgan fingerprint density at radius 3 is 2.18 bits per heavy atom. The van der Waals surface area contributed by atoms with E-state index in [0.717, 1.165) is 16.9 Å². The van der Waals surface area contributed by atoms with E-state index in [0.29, 0.717) is 19.6 Å². The molecule has 7 heteroatoms. The van der Waals surface area contributed by atoms with Crippen LogP contribution in [-0.2, 0) is 21.4 Å². The molecule has 2 aromatic carbocycles. The minimum Gasteiger partial charge on any atom is -0.497 e. The van der Waals surface area contributed by atoms with Gasteiger partial charge in [-0.2, -0.15) is 4.31 Å². The molecule has 0 atom stereocenters. The highest BCUT2D eigenvalue weighted by Gasteiger charge is 2.20. The minimum absolute atomic E-state index is 0.226. The second kappa shape index (κ2) is 10.1. The van der Waals surface area contributed by atoms with E-state index >= 15 is 0 Å². The van der Waals surface area contributed by atoms with Gasteiger partial charge in [-0.1, -0.05) is 38.1 Å². The van der Waals surface area contributed by atoms with Gasteiger partial charge in [0.15, 0.2) is 0 Å². The van der Waals surface area contributed by atoms with Crippen LogP contribution in [0.5, 0.6) is 5.75 Å². The smallest absolute Gasteiger partial charge is 0.244 e. The summed E-state index contributed by atoms with van der Waals surface area (Å²) in [5.41, 5.74) is 1.71. The summed E-state index contributed by atoms with van der Waals surface area (Å²) in [5.74, 6) is 0.539. The number of sulfonamides is 1. The van der Waals surface area contributed by atoms with E-state index in [-0.39, 0.29) is 10.8 Å². The summed E-state index contributed by atoms with van der Waals surface area (Å²) in [5, 5.41) is 2.80. The number of nitrogens with zero attached hydrogens (tertiary/aromatic N) is 1. The highest BCUT2D eigenvalue weighted by Crippen LogP contribution is 2.17. The highest BCUT2D eigenvalue weighted by atomic mass is 32.2. The lowest BCUT2D eigenvalue weighted by Gasteiger charge is -2.18. The van der Waals surface area contributed by atoms with Crippen LogP contribution in [0, 0.1) is 0 Å². The van der Waals surface area contributed by atoms with E-state index in [1.165, 1.54) is 10.4 Å². The fraction of sp³-hybridized carbons (Fsp3) is 0.286. The van der Waals surface area contributed by atoms with Crippen LogP contribution in [0.3, 0.4) is 0 Å². The van der Waals surface area contributed by atoms with Crippen LogP contribution >= 0.6 is 0 Å². The van der Waals surface area contributed by atoms with Crippen LogP contribution in [0.1, 0.15) is 25.0 Å². The van der Waals surface area contributed by atoms with Gasteiger partial charge in [0.1, 0.15) is 5.75 Å². The molecule has 0 saturated carbocycles. The Bertz CT molecular complexity index is 900. The molecule has 1 amide bonds. The van der Waals surface area contributed by atoms with E-state index < -0.39 is 10.0 Å². The van der Waals surface area contributed by atoms with Gasteiger partial charge in [0.25, 0.3) is 0 Å². The zero-order valence-corrected chi connectivity index (χ0v) is 17.2. The van der Waals surface area contributed by atoms with Crippen LogP contribution in [0.15, 0.2) is 59.5 Å². The first-order valence-corrected chi connectivity index (χ1v) is 10.5. The van der Waals surface area contributed by atoms with Crippen LogP contribution in [-0.4, -0.2) is 38.8 Å². The van der Waals surface area contributed by atoms with Crippen molar-refractivity contribution in [3.63, 3.8) is 0 Å². The van der Waals surface area contributed by atoms with Crippen molar-refractivity contribution in [2.75, 3.05) is 20.2 Å². The number of hydrogen-bond donors (Lipinski definition) is 1. The Kier molecular flexibility index (Phi) is 7.78. The van der Waals surface area contributed by atoms with Gasteiger partial charge >= 0.3 is 0 Å². The topological polar surface area (TPSA) is 75.7 Å². The number of amides is 1. The molecule has 1 N–H and O–H groups in total. The predicted molar refractivity (Wildman–Crippen MR) is 110 cm³/mol. The van der Waals surface area contributed by atoms with Crippen LogP contribution in [0.2, 0.25) is 0 Å². The third-order valence-corrected chi connectivity index (χ3v) is 6.34. The normalized spacial score (nSPS) is 11.7. The van der Waals surface area contributed by atoms with Crippen LogP contribution < -0.4 is 10.1 Å².